The molecular weight excluding hydrogens is 378 g/mol. The van der Waals surface area contributed by atoms with Crippen LogP contribution in [0.3, 0.4) is 0 Å². The minimum absolute atomic E-state index is 0.154. The number of aldehydes is 1. The second kappa shape index (κ2) is 8.67. The highest BCUT2D eigenvalue weighted by Gasteiger charge is 2.20. The molecule has 1 fully saturated rings. The van der Waals surface area contributed by atoms with Gasteiger partial charge in [0.25, 0.3) is 0 Å². The normalized spacial score (nSPS) is 13.9. The number of anilines is 2. The molecule has 1 aromatic heterocycles. The second-order valence-electron chi connectivity index (χ2n) is 7.92. The summed E-state index contributed by atoms with van der Waals surface area (Å²) < 4.78 is 1.83. The molecular formula is C23H27N5O2. The predicted molar refractivity (Wildman–Crippen MR) is 118 cm³/mol. The van der Waals surface area contributed by atoms with Gasteiger partial charge in [-0.05, 0) is 49.7 Å². The Morgan fingerprint density at radius 1 is 1.23 bits per heavy atom. The second-order valence-corrected chi connectivity index (χ2v) is 7.92. The van der Waals surface area contributed by atoms with Crippen molar-refractivity contribution >= 4 is 34.5 Å². The van der Waals surface area contributed by atoms with Crippen LogP contribution in [0, 0.1) is 0 Å². The van der Waals surface area contributed by atoms with Crippen LogP contribution in [0.15, 0.2) is 42.6 Å². The first kappa shape index (κ1) is 20.1. The van der Waals surface area contributed by atoms with Gasteiger partial charge in [0.05, 0.1) is 18.3 Å². The molecule has 4 rings (SSSR count). The number of likely N-dealkylation sites (tertiary alicyclic amines) is 1. The van der Waals surface area contributed by atoms with Crippen LogP contribution in [0.1, 0.15) is 28.8 Å². The van der Waals surface area contributed by atoms with Gasteiger partial charge >= 0.3 is 0 Å². The third kappa shape index (κ3) is 4.21. The standard InChI is InChI=1S/C23H27N5O2/c1-26(15-23(30)28-10-3-4-11-28)14-17-6-5-7-21(20(17)16-29)25-19-8-9-22-18(12-19)13-24-27(22)2/h5-9,12-13,16,25H,3-4,10-11,14-15H2,1-2H3. The summed E-state index contributed by atoms with van der Waals surface area (Å²) in [5.41, 5.74) is 4.21. The number of fused-ring (bicyclic) bond motifs is 1. The van der Waals surface area contributed by atoms with E-state index in [0.717, 1.165) is 60.1 Å². The van der Waals surface area contributed by atoms with Crippen LogP contribution >= 0.6 is 0 Å². The van der Waals surface area contributed by atoms with Crippen molar-refractivity contribution in [1.82, 2.24) is 19.6 Å². The van der Waals surface area contributed by atoms with Gasteiger partial charge in [-0.15, -0.1) is 0 Å². The molecule has 2 heterocycles. The molecule has 1 saturated heterocycles. The molecule has 1 N–H and O–H groups in total. The minimum Gasteiger partial charge on any atom is -0.355 e. The minimum atomic E-state index is 0.154. The maximum atomic E-state index is 12.4. The molecule has 7 heteroatoms. The van der Waals surface area contributed by atoms with Crippen molar-refractivity contribution in [3.8, 4) is 0 Å². The fourth-order valence-corrected chi connectivity index (χ4v) is 4.04. The lowest BCUT2D eigenvalue weighted by molar-refractivity contribution is -0.131. The molecule has 1 aliphatic rings. The number of carbonyl (C=O) groups excluding carboxylic acids is 2. The van der Waals surface area contributed by atoms with E-state index in [0.29, 0.717) is 18.7 Å². The van der Waals surface area contributed by atoms with E-state index >= 15 is 0 Å². The van der Waals surface area contributed by atoms with Gasteiger partial charge in [0.15, 0.2) is 6.29 Å². The Balaban J connectivity index is 1.49. The number of aromatic nitrogens is 2. The van der Waals surface area contributed by atoms with Crippen LogP contribution in [0.5, 0.6) is 0 Å². The third-order valence-electron chi connectivity index (χ3n) is 5.64. The highest BCUT2D eigenvalue weighted by atomic mass is 16.2. The van der Waals surface area contributed by atoms with E-state index in [1.807, 2.05) is 71.2 Å². The number of nitrogens with one attached hydrogen (secondary N) is 1. The van der Waals surface area contributed by atoms with Gasteiger partial charge < -0.3 is 10.2 Å². The first-order chi connectivity index (χ1) is 14.5. The van der Waals surface area contributed by atoms with Crippen molar-refractivity contribution < 1.29 is 9.59 Å². The summed E-state index contributed by atoms with van der Waals surface area (Å²) in [4.78, 5) is 28.2. The van der Waals surface area contributed by atoms with Crippen molar-refractivity contribution in [3.63, 3.8) is 0 Å². The van der Waals surface area contributed by atoms with Crippen LogP contribution in [0.2, 0.25) is 0 Å². The first-order valence-corrected chi connectivity index (χ1v) is 10.3. The smallest absolute Gasteiger partial charge is 0.236 e. The zero-order valence-electron chi connectivity index (χ0n) is 17.5. The maximum absolute atomic E-state index is 12.4. The molecule has 156 valence electrons. The Labute approximate surface area is 176 Å². The van der Waals surface area contributed by atoms with Crippen LogP contribution < -0.4 is 5.32 Å². The van der Waals surface area contributed by atoms with E-state index in [4.69, 9.17) is 0 Å². The lowest BCUT2D eigenvalue weighted by atomic mass is 10.1. The van der Waals surface area contributed by atoms with Crippen molar-refractivity contribution in [2.45, 2.75) is 19.4 Å². The highest BCUT2D eigenvalue weighted by Crippen LogP contribution is 2.26. The van der Waals surface area contributed by atoms with Crippen molar-refractivity contribution in [1.29, 1.82) is 0 Å². The lowest BCUT2D eigenvalue weighted by Crippen LogP contribution is -2.37. The number of amides is 1. The number of nitrogens with zero attached hydrogens (tertiary/aromatic N) is 4. The van der Waals surface area contributed by atoms with Gasteiger partial charge in [0, 0.05) is 49.0 Å². The maximum Gasteiger partial charge on any atom is 0.236 e. The van der Waals surface area contributed by atoms with E-state index in [1.54, 1.807) is 0 Å². The fraction of sp³-hybridized carbons (Fsp3) is 0.348. The number of benzene rings is 2. The van der Waals surface area contributed by atoms with E-state index in [9.17, 15) is 9.59 Å². The lowest BCUT2D eigenvalue weighted by Gasteiger charge is -2.22. The number of aryl methyl sites for hydroxylation is 1. The third-order valence-corrected chi connectivity index (χ3v) is 5.64. The molecule has 0 unspecified atom stereocenters. The van der Waals surface area contributed by atoms with Crippen LogP contribution in [-0.2, 0) is 18.4 Å². The monoisotopic (exact) mass is 405 g/mol. The van der Waals surface area contributed by atoms with E-state index in [1.165, 1.54) is 0 Å². The van der Waals surface area contributed by atoms with Crippen LogP contribution in [0.4, 0.5) is 11.4 Å². The topological polar surface area (TPSA) is 70.5 Å². The Morgan fingerprint density at radius 3 is 2.80 bits per heavy atom. The average molecular weight is 406 g/mol. The first-order valence-electron chi connectivity index (χ1n) is 10.3. The summed E-state index contributed by atoms with van der Waals surface area (Å²) in [6.07, 6.45) is 4.88. The molecule has 2 aromatic carbocycles. The molecule has 1 amide bonds. The summed E-state index contributed by atoms with van der Waals surface area (Å²) in [6, 6.07) is 11.8. The molecule has 0 aliphatic carbocycles. The summed E-state index contributed by atoms with van der Waals surface area (Å²) in [5, 5.41) is 8.67. The van der Waals surface area contributed by atoms with E-state index in [-0.39, 0.29) is 5.91 Å². The predicted octanol–water partition coefficient (Wildman–Crippen LogP) is 3.18. The molecule has 0 radical (unpaired) electrons. The SMILES string of the molecule is CN(CC(=O)N1CCCC1)Cc1cccc(Nc2ccc3c(cnn3C)c2)c1C=O. The number of carbonyl (C=O) groups is 2. The molecule has 1 aliphatic heterocycles. The highest BCUT2D eigenvalue weighted by molar-refractivity contribution is 5.90. The van der Waals surface area contributed by atoms with Crippen LogP contribution in [-0.4, -0.2) is 58.5 Å². The Kier molecular flexibility index (Phi) is 5.81. The Morgan fingerprint density at radius 2 is 2.03 bits per heavy atom. The van der Waals surface area contributed by atoms with Gasteiger partial charge in [-0.2, -0.15) is 5.10 Å². The molecule has 0 atom stereocenters. The van der Waals surface area contributed by atoms with Crippen molar-refractivity contribution in [3.05, 3.63) is 53.7 Å². The van der Waals surface area contributed by atoms with Crippen molar-refractivity contribution in [2.75, 3.05) is 32.0 Å². The Bertz CT molecular complexity index is 1070. The molecule has 30 heavy (non-hydrogen) atoms. The molecule has 7 nitrogen and oxygen atoms in total. The largest absolute Gasteiger partial charge is 0.355 e. The average Bonchev–Trinajstić information content (AvgIpc) is 3.39. The number of hydrogen-bond acceptors (Lipinski definition) is 5. The summed E-state index contributed by atoms with van der Waals surface area (Å²) in [5.74, 6) is 0.154. The van der Waals surface area contributed by atoms with Crippen LogP contribution in [0.25, 0.3) is 10.9 Å². The molecule has 0 spiro atoms. The van der Waals surface area contributed by atoms with Crippen molar-refractivity contribution in [2.24, 2.45) is 7.05 Å². The van der Waals surface area contributed by atoms with Gasteiger partial charge in [-0.3, -0.25) is 19.2 Å². The molecule has 0 saturated carbocycles. The van der Waals surface area contributed by atoms with E-state index in [2.05, 4.69) is 10.4 Å². The van der Waals surface area contributed by atoms with E-state index < -0.39 is 0 Å². The van der Waals surface area contributed by atoms with Gasteiger partial charge in [-0.1, -0.05) is 12.1 Å². The number of rotatable bonds is 7. The summed E-state index contributed by atoms with van der Waals surface area (Å²) in [7, 11) is 3.83. The zero-order valence-corrected chi connectivity index (χ0v) is 17.5. The Hall–Kier alpha value is -3.19. The van der Waals surface area contributed by atoms with Gasteiger partial charge in [0.1, 0.15) is 0 Å². The fourth-order valence-electron chi connectivity index (χ4n) is 4.04. The summed E-state index contributed by atoms with van der Waals surface area (Å²) >= 11 is 0. The summed E-state index contributed by atoms with van der Waals surface area (Å²) in [6.45, 7) is 2.60. The molecule has 3 aromatic rings. The quantitative estimate of drug-likeness (QED) is 0.612. The van der Waals surface area contributed by atoms with Gasteiger partial charge in [0.2, 0.25) is 5.91 Å². The zero-order chi connectivity index (χ0) is 21.1. The number of likely N-dealkylation sites (N-methyl/N-ethyl adjacent to an activating group) is 1. The number of hydrogen-bond donors (Lipinski definition) is 1. The van der Waals surface area contributed by atoms with Gasteiger partial charge in [-0.25, -0.2) is 0 Å². The molecule has 0 bridgehead atoms.